The van der Waals surface area contributed by atoms with E-state index in [1.807, 2.05) is 30.6 Å². The minimum absolute atomic E-state index is 0.192. The van der Waals surface area contributed by atoms with Gasteiger partial charge in [0, 0.05) is 18.2 Å². The lowest BCUT2D eigenvalue weighted by Crippen LogP contribution is -2.45. The van der Waals surface area contributed by atoms with E-state index in [4.69, 9.17) is 4.98 Å². The van der Waals surface area contributed by atoms with E-state index in [-0.39, 0.29) is 11.5 Å². The number of hydrogen-bond donors (Lipinski definition) is 2. The highest BCUT2D eigenvalue weighted by Crippen LogP contribution is 2.46. The van der Waals surface area contributed by atoms with Gasteiger partial charge in [0.05, 0.1) is 35.5 Å². The first-order valence-corrected chi connectivity index (χ1v) is 9.55. The van der Waals surface area contributed by atoms with Crippen molar-refractivity contribution in [1.29, 1.82) is 0 Å². The van der Waals surface area contributed by atoms with Crippen molar-refractivity contribution in [1.82, 2.24) is 24.7 Å². The molecular formula is C20H23FN6. The van der Waals surface area contributed by atoms with Crippen molar-refractivity contribution in [3.8, 4) is 11.4 Å². The molecule has 2 atom stereocenters. The van der Waals surface area contributed by atoms with Gasteiger partial charge in [-0.25, -0.2) is 14.4 Å². The fourth-order valence-corrected chi connectivity index (χ4v) is 3.66. The summed E-state index contributed by atoms with van der Waals surface area (Å²) in [5.74, 6) is 0.695. The third kappa shape index (κ3) is 3.06. The summed E-state index contributed by atoms with van der Waals surface area (Å²) in [6.07, 6.45) is 7.92. The maximum atomic E-state index is 14.1. The molecule has 2 fully saturated rings. The van der Waals surface area contributed by atoms with Gasteiger partial charge in [-0.2, -0.15) is 0 Å². The summed E-state index contributed by atoms with van der Waals surface area (Å²) < 4.78 is 16.2. The maximum Gasteiger partial charge on any atom is 0.155 e. The second-order valence-corrected chi connectivity index (χ2v) is 7.87. The first-order valence-electron chi connectivity index (χ1n) is 9.55. The molecule has 4 heterocycles. The number of imidazole rings is 1. The number of nitrogens with zero attached hydrogens (tertiary/aromatic N) is 4. The molecule has 2 unspecified atom stereocenters. The zero-order valence-corrected chi connectivity index (χ0v) is 15.3. The van der Waals surface area contributed by atoms with Crippen LogP contribution in [0.5, 0.6) is 0 Å². The van der Waals surface area contributed by atoms with Crippen molar-refractivity contribution >= 4 is 11.5 Å². The summed E-state index contributed by atoms with van der Waals surface area (Å²) in [5, 5.41) is 6.33. The van der Waals surface area contributed by atoms with Crippen molar-refractivity contribution in [2.75, 3.05) is 18.4 Å². The van der Waals surface area contributed by atoms with Crippen molar-refractivity contribution < 1.29 is 4.39 Å². The molecule has 0 amide bonds. The van der Waals surface area contributed by atoms with Crippen LogP contribution in [0.1, 0.15) is 31.9 Å². The van der Waals surface area contributed by atoms with E-state index in [0.29, 0.717) is 12.4 Å². The number of halogens is 1. The number of piperidine rings is 1. The Morgan fingerprint density at radius 3 is 2.96 bits per heavy atom. The lowest BCUT2D eigenvalue weighted by atomic mass is 10.1. The van der Waals surface area contributed by atoms with E-state index >= 15 is 0 Å². The minimum atomic E-state index is -0.909. The number of alkyl halides is 1. The van der Waals surface area contributed by atoms with Crippen LogP contribution in [0.15, 0.2) is 36.8 Å². The lowest BCUT2D eigenvalue weighted by molar-refractivity contribution is 0.244. The normalized spacial score (nSPS) is 24.1. The summed E-state index contributed by atoms with van der Waals surface area (Å²) in [7, 11) is 0. The van der Waals surface area contributed by atoms with Gasteiger partial charge in [-0.3, -0.25) is 9.38 Å². The standard InChI is InChI=1S/C20H23FN6/c1-20(6-7-20)17-12-27-16(10-24-19(27)11-23-17)15-3-2-4-18(26-15)25-14-5-8-22-9-13(14)21/h2-4,10-14,22H,5-9H2,1H3,(H,25,26). The SMILES string of the molecule is CC1(c2cn3c(-c4cccc(NC5CCNCC5F)n4)cnc3cn2)CC1. The van der Waals surface area contributed by atoms with Crippen LogP contribution in [0, 0.1) is 0 Å². The summed E-state index contributed by atoms with van der Waals surface area (Å²) in [6, 6.07) is 5.59. The third-order valence-electron chi connectivity index (χ3n) is 5.77. The van der Waals surface area contributed by atoms with Crippen molar-refractivity contribution in [2.45, 2.75) is 43.8 Å². The Balaban J connectivity index is 1.47. The second-order valence-electron chi connectivity index (χ2n) is 7.87. The highest BCUT2D eigenvalue weighted by atomic mass is 19.1. The molecule has 27 heavy (non-hydrogen) atoms. The van der Waals surface area contributed by atoms with Crippen molar-refractivity contribution in [3.63, 3.8) is 0 Å². The largest absolute Gasteiger partial charge is 0.364 e. The predicted octanol–water partition coefficient (Wildman–Crippen LogP) is 2.95. The minimum Gasteiger partial charge on any atom is -0.364 e. The Kier molecular flexibility index (Phi) is 3.86. The second kappa shape index (κ2) is 6.27. The molecule has 7 heteroatoms. The number of aromatic nitrogens is 4. The number of rotatable bonds is 4. The fraction of sp³-hybridized carbons (Fsp3) is 0.450. The quantitative estimate of drug-likeness (QED) is 0.743. The Morgan fingerprint density at radius 1 is 1.26 bits per heavy atom. The molecule has 0 bridgehead atoms. The molecule has 1 aliphatic carbocycles. The van der Waals surface area contributed by atoms with E-state index in [1.54, 1.807) is 0 Å². The summed E-state index contributed by atoms with van der Waals surface area (Å²) in [5.41, 5.74) is 3.83. The molecule has 2 aliphatic rings. The van der Waals surface area contributed by atoms with Crippen LogP contribution < -0.4 is 10.6 Å². The van der Waals surface area contributed by atoms with E-state index < -0.39 is 6.17 Å². The number of fused-ring (bicyclic) bond motifs is 1. The fourth-order valence-electron chi connectivity index (χ4n) is 3.66. The third-order valence-corrected chi connectivity index (χ3v) is 5.77. The molecule has 0 radical (unpaired) electrons. The molecule has 0 spiro atoms. The molecule has 140 valence electrons. The molecule has 3 aromatic rings. The molecular weight excluding hydrogens is 343 g/mol. The predicted molar refractivity (Wildman–Crippen MR) is 103 cm³/mol. The van der Waals surface area contributed by atoms with E-state index in [1.165, 1.54) is 12.8 Å². The number of hydrogen-bond acceptors (Lipinski definition) is 5. The average molecular weight is 366 g/mol. The van der Waals surface area contributed by atoms with Gasteiger partial charge >= 0.3 is 0 Å². The first-order chi connectivity index (χ1) is 13.1. The maximum absolute atomic E-state index is 14.1. The van der Waals surface area contributed by atoms with Gasteiger partial charge in [-0.05, 0) is 37.9 Å². The average Bonchev–Trinajstić information content (AvgIpc) is 3.29. The summed E-state index contributed by atoms with van der Waals surface area (Å²) >= 11 is 0. The van der Waals surface area contributed by atoms with Crippen LogP contribution in [0.25, 0.3) is 17.0 Å². The van der Waals surface area contributed by atoms with Gasteiger partial charge in [0.1, 0.15) is 12.0 Å². The van der Waals surface area contributed by atoms with Gasteiger partial charge in [-0.15, -0.1) is 0 Å². The molecule has 1 saturated carbocycles. The Hall–Kier alpha value is -2.54. The van der Waals surface area contributed by atoms with Gasteiger partial charge in [0.15, 0.2) is 5.65 Å². The smallest absolute Gasteiger partial charge is 0.155 e. The molecule has 5 rings (SSSR count). The molecule has 2 N–H and O–H groups in total. The first kappa shape index (κ1) is 16.6. The van der Waals surface area contributed by atoms with Gasteiger partial charge in [0.2, 0.25) is 0 Å². The topological polar surface area (TPSA) is 67.1 Å². The van der Waals surface area contributed by atoms with Crippen LogP contribution in [0.2, 0.25) is 0 Å². The number of nitrogens with one attached hydrogen (secondary N) is 2. The van der Waals surface area contributed by atoms with Gasteiger partial charge in [0.25, 0.3) is 0 Å². The van der Waals surface area contributed by atoms with Crippen molar-refractivity contribution in [3.05, 3.63) is 42.5 Å². The molecule has 6 nitrogen and oxygen atoms in total. The molecule has 1 saturated heterocycles. The lowest BCUT2D eigenvalue weighted by Gasteiger charge is -2.27. The Bertz CT molecular complexity index is 980. The van der Waals surface area contributed by atoms with E-state index in [0.717, 1.165) is 35.7 Å². The zero-order valence-electron chi connectivity index (χ0n) is 15.3. The Morgan fingerprint density at radius 2 is 2.15 bits per heavy atom. The summed E-state index contributed by atoms with van der Waals surface area (Å²) in [6.45, 7) is 3.45. The highest BCUT2D eigenvalue weighted by Gasteiger charge is 2.40. The molecule has 0 aromatic carbocycles. The van der Waals surface area contributed by atoms with Crippen LogP contribution in [-0.4, -0.2) is 44.7 Å². The van der Waals surface area contributed by atoms with Crippen LogP contribution in [-0.2, 0) is 5.41 Å². The Labute approximate surface area is 157 Å². The van der Waals surface area contributed by atoms with Crippen molar-refractivity contribution in [2.24, 2.45) is 0 Å². The van der Waals surface area contributed by atoms with Gasteiger partial charge < -0.3 is 10.6 Å². The monoisotopic (exact) mass is 366 g/mol. The number of pyridine rings is 1. The number of anilines is 1. The van der Waals surface area contributed by atoms with E-state index in [2.05, 4.69) is 38.1 Å². The van der Waals surface area contributed by atoms with E-state index in [9.17, 15) is 4.39 Å². The molecule has 3 aromatic heterocycles. The highest BCUT2D eigenvalue weighted by molar-refractivity contribution is 5.61. The van der Waals surface area contributed by atoms with Crippen LogP contribution in [0.4, 0.5) is 10.2 Å². The zero-order chi connectivity index (χ0) is 18.4. The van der Waals surface area contributed by atoms with Gasteiger partial charge in [-0.1, -0.05) is 13.0 Å². The van der Waals surface area contributed by atoms with Crippen LogP contribution >= 0.6 is 0 Å². The summed E-state index contributed by atoms with van der Waals surface area (Å²) in [4.78, 5) is 13.8. The molecule has 1 aliphatic heterocycles. The van der Waals surface area contributed by atoms with Crippen LogP contribution in [0.3, 0.4) is 0 Å².